The molecular formula is C11H18N2O2. The van der Waals surface area contributed by atoms with E-state index in [0.29, 0.717) is 19.3 Å². The molecule has 0 aliphatic heterocycles. The van der Waals surface area contributed by atoms with E-state index in [4.69, 9.17) is 9.47 Å². The van der Waals surface area contributed by atoms with Gasteiger partial charge in [-0.2, -0.15) is 0 Å². The maximum Gasteiger partial charge on any atom is 0.137 e. The molecule has 0 saturated heterocycles. The zero-order valence-electron chi connectivity index (χ0n) is 9.27. The molecule has 0 radical (unpaired) electrons. The van der Waals surface area contributed by atoms with Crippen LogP contribution in [0, 0.1) is 0 Å². The second-order valence-electron chi connectivity index (χ2n) is 3.35. The largest absolute Gasteiger partial charge is 0.491 e. The number of pyridine rings is 1. The van der Waals surface area contributed by atoms with E-state index in [1.54, 1.807) is 19.5 Å². The van der Waals surface area contributed by atoms with E-state index >= 15 is 0 Å². The summed E-state index contributed by atoms with van der Waals surface area (Å²) in [5, 5.41) is 3.28. The van der Waals surface area contributed by atoms with Crippen LogP contribution in [0.25, 0.3) is 0 Å². The first kappa shape index (κ1) is 11.9. The summed E-state index contributed by atoms with van der Waals surface area (Å²) in [4.78, 5) is 3.96. The van der Waals surface area contributed by atoms with Crippen molar-refractivity contribution in [3.05, 3.63) is 24.5 Å². The van der Waals surface area contributed by atoms with E-state index in [1.165, 1.54) is 0 Å². The average molecular weight is 210 g/mol. The van der Waals surface area contributed by atoms with E-state index in [-0.39, 0.29) is 0 Å². The van der Waals surface area contributed by atoms with Gasteiger partial charge in [0.1, 0.15) is 12.4 Å². The van der Waals surface area contributed by atoms with Gasteiger partial charge in [0.05, 0.1) is 12.8 Å². The van der Waals surface area contributed by atoms with Gasteiger partial charge in [0, 0.05) is 25.9 Å². The molecule has 1 aromatic rings. The molecule has 15 heavy (non-hydrogen) atoms. The first-order chi connectivity index (χ1) is 7.33. The Morgan fingerprint density at radius 3 is 3.07 bits per heavy atom. The molecule has 4 heteroatoms. The van der Waals surface area contributed by atoms with Crippen LogP contribution in [0.1, 0.15) is 6.92 Å². The Kier molecular flexibility index (Phi) is 5.73. The molecule has 1 atom stereocenters. The Morgan fingerprint density at radius 2 is 2.40 bits per heavy atom. The molecule has 1 heterocycles. The third-order valence-corrected chi connectivity index (χ3v) is 1.91. The van der Waals surface area contributed by atoms with Crippen molar-refractivity contribution in [3.63, 3.8) is 0 Å². The van der Waals surface area contributed by atoms with Gasteiger partial charge in [-0.3, -0.25) is 4.98 Å². The number of nitrogens with one attached hydrogen (secondary N) is 1. The topological polar surface area (TPSA) is 43.4 Å². The summed E-state index contributed by atoms with van der Waals surface area (Å²) < 4.78 is 10.5. The molecule has 1 unspecified atom stereocenters. The molecule has 0 aliphatic rings. The number of methoxy groups -OCH3 is 1. The Labute approximate surface area is 90.6 Å². The number of nitrogens with zero attached hydrogens (tertiary/aromatic N) is 1. The molecule has 4 nitrogen and oxygen atoms in total. The maximum absolute atomic E-state index is 5.47. The van der Waals surface area contributed by atoms with Crippen LogP contribution in [0.5, 0.6) is 5.75 Å². The number of rotatable bonds is 7. The van der Waals surface area contributed by atoms with Gasteiger partial charge < -0.3 is 14.8 Å². The van der Waals surface area contributed by atoms with Gasteiger partial charge in [0.15, 0.2) is 0 Å². The molecule has 0 bridgehead atoms. The van der Waals surface area contributed by atoms with Crippen LogP contribution >= 0.6 is 0 Å². The standard InChI is InChI=1S/C11H18N2O2/c1-10(9-14-2)13-6-7-15-11-4-3-5-12-8-11/h3-5,8,10,13H,6-7,9H2,1-2H3. The van der Waals surface area contributed by atoms with Crippen LogP contribution < -0.4 is 10.1 Å². The van der Waals surface area contributed by atoms with Crippen molar-refractivity contribution in [2.45, 2.75) is 13.0 Å². The van der Waals surface area contributed by atoms with Gasteiger partial charge in [0.25, 0.3) is 0 Å². The molecule has 84 valence electrons. The quantitative estimate of drug-likeness (QED) is 0.684. The van der Waals surface area contributed by atoms with Crippen LogP contribution in [0.15, 0.2) is 24.5 Å². The van der Waals surface area contributed by atoms with Crippen LogP contribution in [0.3, 0.4) is 0 Å². The molecular weight excluding hydrogens is 192 g/mol. The average Bonchev–Trinajstić information content (AvgIpc) is 2.26. The lowest BCUT2D eigenvalue weighted by Gasteiger charge is -2.12. The van der Waals surface area contributed by atoms with Crippen molar-refractivity contribution in [1.82, 2.24) is 10.3 Å². The van der Waals surface area contributed by atoms with Crippen molar-refractivity contribution in [2.75, 3.05) is 26.9 Å². The molecule has 0 fully saturated rings. The third kappa shape index (κ3) is 5.34. The summed E-state index contributed by atoms with van der Waals surface area (Å²) in [7, 11) is 1.70. The lowest BCUT2D eigenvalue weighted by Crippen LogP contribution is -2.33. The van der Waals surface area contributed by atoms with Crippen molar-refractivity contribution in [3.8, 4) is 5.75 Å². The van der Waals surface area contributed by atoms with Gasteiger partial charge in [-0.15, -0.1) is 0 Å². The summed E-state index contributed by atoms with van der Waals surface area (Å²) in [6.07, 6.45) is 3.43. The van der Waals surface area contributed by atoms with E-state index < -0.39 is 0 Å². The molecule has 1 aromatic heterocycles. The van der Waals surface area contributed by atoms with Gasteiger partial charge in [-0.1, -0.05) is 0 Å². The van der Waals surface area contributed by atoms with Gasteiger partial charge in [0.2, 0.25) is 0 Å². The van der Waals surface area contributed by atoms with Crippen LogP contribution in [-0.2, 0) is 4.74 Å². The first-order valence-electron chi connectivity index (χ1n) is 5.08. The smallest absolute Gasteiger partial charge is 0.137 e. The number of hydrogen-bond donors (Lipinski definition) is 1. The highest BCUT2D eigenvalue weighted by atomic mass is 16.5. The molecule has 0 aliphatic carbocycles. The van der Waals surface area contributed by atoms with Gasteiger partial charge >= 0.3 is 0 Å². The van der Waals surface area contributed by atoms with Gasteiger partial charge in [-0.25, -0.2) is 0 Å². The fourth-order valence-corrected chi connectivity index (χ4v) is 1.22. The minimum atomic E-state index is 0.354. The highest BCUT2D eigenvalue weighted by Crippen LogP contribution is 2.04. The van der Waals surface area contributed by atoms with E-state index in [0.717, 1.165) is 12.3 Å². The molecule has 0 aromatic carbocycles. The maximum atomic E-state index is 5.47. The number of ether oxygens (including phenoxy) is 2. The van der Waals surface area contributed by atoms with Gasteiger partial charge in [-0.05, 0) is 19.1 Å². The predicted molar refractivity (Wildman–Crippen MR) is 59.1 cm³/mol. The summed E-state index contributed by atoms with van der Waals surface area (Å²) >= 11 is 0. The second kappa shape index (κ2) is 7.20. The molecule has 0 amide bonds. The zero-order chi connectivity index (χ0) is 10.9. The first-order valence-corrected chi connectivity index (χ1v) is 5.08. The van der Waals surface area contributed by atoms with Crippen LogP contribution in [-0.4, -0.2) is 37.9 Å². The summed E-state index contributed by atoms with van der Waals surface area (Å²) in [6.45, 7) is 4.24. The van der Waals surface area contributed by atoms with E-state index in [1.807, 2.05) is 12.1 Å². The summed E-state index contributed by atoms with van der Waals surface area (Å²) in [5.74, 6) is 0.804. The minimum absolute atomic E-state index is 0.354. The van der Waals surface area contributed by atoms with Crippen molar-refractivity contribution >= 4 is 0 Å². The number of aromatic nitrogens is 1. The lowest BCUT2D eigenvalue weighted by molar-refractivity contribution is 0.169. The van der Waals surface area contributed by atoms with E-state index in [2.05, 4.69) is 17.2 Å². The highest BCUT2D eigenvalue weighted by molar-refractivity contribution is 5.15. The minimum Gasteiger partial charge on any atom is -0.491 e. The number of hydrogen-bond acceptors (Lipinski definition) is 4. The Hall–Kier alpha value is -1.13. The predicted octanol–water partition coefficient (Wildman–Crippen LogP) is 1.08. The third-order valence-electron chi connectivity index (χ3n) is 1.91. The van der Waals surface area contributed by atoms with Crippen molar-refractivity contribution in [1.29, 1.82) is 0 Å². The summed E-state index contributed by atoms with van der Waals surface area (Å²) in [6, 6.07) is 4.11. The lowest BCUT2D eigenvalue weighted by atomic mass is 10.3. The zero-order valence-corrected chi connectivity index (χ0v) is 9.27. The molecule has 0 saturated carbocycles. The normalized spacial score (nSPS) is 12.4. The second-order valence-corrected chi connectivity index (χ2v) is 3.35. The highest BCUT2D eigenvalue weighted by Gasteiger charge is 1.99. The fourth-order valence-electron chi connectivity index (χ4n) is 1.22. The summed E-state index contributed by atoms with van der Waals surface area (Å²) in [5.41, 5.74) is 0. The molecule has 0 spiro atoms. The van der Waals surface area contributed by atoms with E-state index in [9.17, 15) is 0 Å². The van der Waals surface area contributed by atoms with Crippen molar-refractivity contribution < 1.29 is 9.47 Å². The SMILES string of the molecule is COCC(C)NCCOc1cccnc1. The Balaban J connectivity index is 2.07. The van der Waals surface area contributed by atoms with Crippen LogP contribution in [0.2, 0.25) is 0 Å². The molecule has 1 N–H and O–H groups in total. The van der Waals surface area contributed by atoms with Crippen molar-refractivity contribution in [2.24, 2.45) is 0 Å². The Morgan fingerprint density at radius 1 is 1.53 bits per heavy atom. The van der Waals surface area contributed by atoms with Crippen LogP contribution in [0.4, 0.5) is 0 Å². The Bertz CT molecular complexity index is 254. The molecule has 1 rings (SSSR count). The monoisotopic (exact) mass is 210 g/mol. The fraction of sp³-hybridized carbons (Fsp3) is 0.545.